The second-order valence-corrected chi connectivity index (χ2v) is 3.75. The molecular formula is C11H18Cl2O. The van der Waals surface area contributed by atoms with E-state index in [0.717, 1.165) is 12.8 Å². The lowest BCUT2D eigenvalue weighted by Crippen LogP contribution is -1.91. The van der Waals surface area contributed by atoms with Crippen LogP contribution in [0.4, 0.5) is 0 Å². The van der Waals surface area contributed by atoms with Gasteiger partial charge in [0.2, 0.25) is 0 Å². The molecule has 0 aliphatic carbocycles. The van der Waals surface area contributed by atoms with Crippen LogP contribution in [0.25, 0.3) is 0 Å². The van der Waals surface area contributed by atoms with Crippen molar-refractivity contribution in [1.82, 2.24) is 0 Å². The van der Waals surface area contributed by atoms with E-state index in [1.807, 2.05) is 6.08 Å². The summed E-state index contributed by atoms with van der Waals surface area (Å²) in [5.74, 6) is 1.12. The van der Waals surface area contributed by atoms with E-state index in [2.05, 4.69) is 13.0 Å². The Bertz CT molecular complexity index is 197. The Morgan fingerprint density at radius 1 is 1.29 bits per heavy atom. The summed E-state index contributed by atoms with van der Waals surface area (Å²) < 4.78 is 5.00. The van der Waals surface area contributed by atoms with Gasteiger partial charge in [-0.1, -0.05) is 23.3 Å². The molecule has 0 radical (unpaired) electrons. The fourth-order valence-electron chi connectivity index (χ4n) is 1.12. The molecule has 0 fully saturated rings. The molecule has 0 aliphatic rings. The zero-order valence-electron chi connectivity index (χ0n) is 8.85. The molecule has 0 rings (SSSR count). The number of allylic oxidation sites excluding steroid dienone is 3. The maximum Gasteiger partial charge on any atom is 0.0670 e. The first-order valence-corrected chi connectivity index (χ1v) is 5.75. The van der Waals surface area contributed by atoms with Crippen LogP contribution >= 0.6 is 23.2 Å². The Labute approximate surface area is 96.7 Å². The molecule has 82 valence electrons. The van der Waals surface area contributed by atoms with E-state index in [4.69, 9.17) is 27.9 Å². The Kier molecular flexibility index (Phi) is 9.58. The molecule has 0 spiro atoms. The van der Waals surface area contributed by atoms with Crippen LogP contribution in [0, 0.1) is 0 Å². The molecule has 0 saturated carbocycles. The van der Waals surface area contributed by atoms with Crippen LogP contribution in [0.15, 0.2) is 23.3 Å². The highest BCUT2D eigenvalue weighted by Gasteiger charge is 1.94. The molecule has 14 heavy (non-hydrogen) atoms. The summed E-state index contributed by atoms with van der Waals surface area (Å²) in [6.45, 7) is 2.77. The molecule has 1 nitrogen and oxygen atoms in total. The highest BCUT2D eigenvalue weighted by molar-refractivity contribution is 6.20. The molecule has 0 aliphatic heterocycles. The third kappa shape index (κ3) is 7.43. The minimum absolute atomic E-state index is 0.544. The zero-order chi connectivity index (χ0) is 10.8. The van der Waals surface area contributed by atoms with Crippen LogP contribution in [0.3, 0.4) is 0 Å². The summed E-state index contributed by atoms with van der Waals surface area (Å²) in [6, 6.07) is 0. The van der Waals surface area contributed by atoms with Gasteiger partial charge in [0.05, 0.1) is 6.61 Å². The van der Waals surface area contributed by atoms with Crippen molar-refractivity contribution in [2.45, 2.75) is 19.8 Å². The van der Waals surface area contributed by atoms with Crippen molar-refractivity contribution in [1.29, 1.82) is 0 Å². The maximum atomic E-state index is 5.75. The van der Waals surface area contributed by atoms with Gasteiger partial charge in [-0.25, -0.2) is 0 Å². The third-order valence-corrected chi connectivity index (χ3v) is 2.37. The van der Waals surface area contributed by atoms with Gasteiger partial charge in [0.25, 0.3) is 0 Å². The van der Waals surface area contributed by atoms with Crippen LogP contribution in [0.2, 0.25) is 0 Å². The summed E-state index contributed by atoms with van der Waals surface area (Å²) in [6.07, 6.45) is 6.15. The number of halogens is 2. The molecule has 0 aromatic heterocycles. The van der Waals surface area contributed by atoms with E-state index in [9.17, 15) is 0 Å². The SMILES string of the molecule is COCC(C)=CCCC(=CCCl)CCl. The van der Waals surface area contributed by atoms with E-state index in [0.29, 0.717) is 18.4 Å². The van der Waals surface area contributed by atoms with Crippen molar-refractivity contribution in [3.63, 3.8) is 0 Å². The molecule has 0 bridgehead atoms. The molecule has 0 saturated heterocycles. The van der Waals surface area contributed by atoms with Crippen molar-refractivity contribution in [2.75, 3.05) is 25.5 Å². The normalized spacial score (nSPS) is 13.4. The molecule has 0 aromatic carbocycles. The largest absolute Gasteiger partial charge is 0.380 e. The first-order valence-electron chi connectivity index (χ1n) is 4.69. The monoisotopic (exact) mass is 236 g/mol. The van der Waals surface area contributed by atoms with Gasteiger partial charge in [-0.2, -0.15) is 0 Å². The molecule has 0 atom stereocenters. The van der Waals surface area contributed by atoms with Gasteiger partial charge in [-0.3, -0.25) is 0 Å². The summed E-state index contributed by atoms with van der Waals surface area (Å²) in [4.78, 5) is 0. The van der Waals surface area contributed by atoms with Gasteiger partial charge in [0, 0.05) is 18.9 Å². The van der Waals surface area contributed by atoms with Crippen molar-refractivity contribution >= 4 is 23.2 Å². The first kappa shape index (κ1) is 14.0. The van der Waals surface area contributed by atoms with Crippen molar-refractivity contribution in [3.05, 3.63) is 23.3 Å². The van der Waals surface area contributed by atoms with Crippen molar-refractivity contribution in [3.8, 4) is 0 Å². The molecule has 3 heteroatoms. The van der Waals surface area contributed by atoms with Crippen LogP contribution in [-0.4, -0.2) is 25.5 Å². The van der Waals surface area contributed by atoms with E-state index in [1.54, 1.807) is 7.11 Å². The molecule has 0 N–H and O–H groups in total. The standard InChI is InChI=1S/C11H18Cl2O/c1-10(9-14-2)4-3-5-11(8-13)6-7-12/h4,6H,3,5,7-9H2,1-2H3. The van der Waals surface area contributed by atoms with Gasteiger partial charge >= 0.3 is 0 Å². The van der Waals surface area contributed by atoms with E-state index in [-0.39, 0.29) is 0 Å². The molecular weight excluding hydrogens is 219 g/mol. The van der Waals surface area contributed by atoms with Gasteiger partial charge in [-0.05, 0) is 19.8 Å². The quantitative estimate of drug-likeness (QED) is 0.484. The van der Waals surface area contributed by atoms with E-state index < -0.39 is 0 Å². The third-order valence-electron chi connectivity index (χ3n) is 1.87. The highest BCUT2D eigenvalue weighted by Crippen LogP contribution is 2.09. The number of alkyl halides is 2. The number of hydrogen-bond acceptors (Lipinski definition) is 1. The molecule has 0 heterocycles. The average molecular weight is 237 g/mol. The predicted octanol–water partition coefficient (Wildman–Crippen LogP) is 3.76. The highest BCUT2D eigenvalue weighted by atomic mass is 35.5. The van der Waals surface area contributed by atoms with Crippen LogP contribution < -0.4 is 0 Å². The van der Waals surface area contributed by atoms with Crippen LogP contribution in [0.5, 0.6) is 0 Å². The number of ether oxygens (including phenoxy) is 1. The summed E-state index contributed by atoms with van der Waals surface area (Å²) in [5.41, 5.74) is 2.47. The van der Waals surface area contributed by atoms with Crippen molar-refractivity contribution < 1.29 is 4.74 Å². The topological polar surface area (TPSA) is 9.23 Å². The lowest BCUT2D eigenvalue weighted by molar-refractivity contribution is 0.225. The minimum atomic E-state index is 0.544. The first-order chi connectivity index (χ1) is 6.74. The summed E-state index contributed by atoms with van der Waals surface area (Å²) in [7, 11) is 1.70. The Balaban J connectivity index is 3.81. The number of hydrogen-bond donors (Lipinski definition) is 0. The van der Waals surface area contributed by atoms with Gasteiger partial charge in [0.1, 0.15) is 0 Å². The van der Waals surface area contributed by atoms with Gasteiger partial charge in [0.15, 0.2) is 0 Å². The fraction of sp³-hybridized carbons (Fsp3) is 0.636. The molecule has 0 unspecified atom stereocenters. The zero-order valence-corrected chi connectivity index (χ0v) is 10.4. The second kappa shape index (κ2) is 9.57. The minimum Gasteiger partial charge on any atom is -0.380 e. The van der Waals surface area contributed by atoms with Gasteiger partial charge < -0.3 is 4.74 Å². The average Bonchev–Trinajstić information content (AvgIpc) is 2.17. The number of rotatable bonds is 7. The summed E-state index contributed by atoms with van der Waals surface area (Å²) in [5, 5.41) is 0. The lowest BCUT2D eigenvalue weighted by Gasteiger charge is -2.02. The smallest absolute Gasteiger partial charge is 0.0670 e. The van der Waals surface area contributed by atoms with Crippen molar-refractivity contribution in [2.24, 2.45) is 0 Å². The molecule has 0 aromatic rings. The number of methoxy groups -OCH3 is 1. The summed E-state index contributed by atoms with van der Waals surface area (Å²) >= 11 is 11.3. The second-order valence-electron chi connectivity index (χ2n) is 3.17. The fourth-order valence-corrected chi connectivity index (χ4v) is 1.58. The maximum absolute atomic E-state index is 5.75. The Morgan fingerprint density at radius 2 is 2.00 bits per heavy atom. The Morgan fingerprint density at radius 3 is 2.50 bits per heavy atom. The Hall–Kier alpha value is 0.0200. The van der Waals surface area contributed by atoms with E-state index in [1.165, 1.54) is 11.1 Å². The van der Waals surface area contributed by atoms with E-state index >= 15 is 0 Å². The van der Waals surface area contributed by atoms with Crippen LogP contribution in [-0.2, 0) is 4.74 Å². The lowest BCUT2D eigenvalue weighted by atomic mass is 10.1. The van der Waals surface area contributed by atoms with Gasteiger partial charge in [-0.15, -0.1) is 23.2 Å². The predicted molar refractivity (Wildman–Crippen MR) is 64.4 cm³/mol. The molecule has 0 amide bonds. The van der Waals surface area contributed by atoms with Crippen LogP contribution in [0.1, 0.15) is 19.8 Å².